The van der Waals surface area contributed by atoms with Gasteiger partial charge in [-0.1, -0.05) is 5.21 Å². The normalized spacial score (nSPS) is 11.1. The number of rotatable bonds is 4. The minimum Gasteiger partial charge on any atom is -0.379 e. The summed E-state index contributed by atoms with van der Waals surface area (Å²) < 4.78 is 39.4. The van der Waals surface area contributed by atoms with Gasteiger partial charge in [-0.15, -0.1) is 5.10 Å². The van der Waals surface area contributed by atoms with E-state index in [9.17, 15) is 13.2 Å². The van der Waals surface area contributed by atoms with Gasteiger partial charge in [-0.3, -0.25) is 4.98 Å². The summed E-state index contributed by atoms with van der Waals surface area (Å²) in [5.41, 5.74) is 1.13. The van der Waals surface area contributed by atoms with E-state index < -0.39 is 11.9 Å². The number of hydrogen-bond acceptors (Lipinski definition) is 5. The van der Waals surface area contributed by atoms with Gasteiger partial charge < -0.3 is 5.32 Å². The Balaban J connectivity index is 1.69. The van der Waals surface area contributed by atoms with E-state index in [0.29, 0.717) is 11.3 Å². The zero-order valence-corrected chi connectivity index (χ0v) is 12.7. The number of alkyl halides is 3. The maximum atomic E-state index is 12.6. The van der Waals surface area contributed by atoms with Gasteiger partial charge in [0.25, 0.3) is 0 Å². The lowest BCUT2D eigenvalue weighted by Gasteiger charge is -2.08. The summed E-state index contributed by atoms with van der Waals surface area (Å²) in [5.74, 6) is 0. The molecule has 0 saturated carbocycles. The van der Waals surface area contributed by atoms with Crippen LogP contribution >= 0.6 is 0 Å². The van der Waals surface area contributed by atoms with E-state index in [-0.39, 0.29) is 12.2 Å². The van der Waals surface area contributed by atoms with Crippen molar-refractivity contribution < 1.29 is 13.2 Å². The molecule has 0 aliphatic heterocycles. The third-order valence-electron chi connectivity index (χ3n) is 3.33. The summed E-state index contributed by atoms with van der Waals surface area (Å²) in [7, 11) is 0. The minimum atomic E-state index is -4.49. The van der Waals surface area contributed by atoms with Crippen LogP contribution in [0.5, 0.6) is 0 Å². The predicted molar refractivity (Wildman–Crippen MR) is 82.6 cm³/mol. The van der Waals surface area contributed by atoms with Crippen molar-refractivity contribution in [2.45, 2.75) is 12.7 Å². The molecule has 0 amide bonds. The summed E-state index contributed by atoms with van der Waals surface area (Å²) in [5, 5.41) is 19.6. The van der Waals surface area contributed by atoms with Crippen LogP contribution in [0.4, 0.5) is 18.9 Å². The van der Waals surface area contributed by atoms with Gasteiger partial charge in [0.05, 0.1) is 30.1 Å². The van der Waals surface area contributed by atoms with Crippen molar-refractivity contribution in [2.24, 2.45) is 0 Å². The molecule has 0 radical (unpaired) electrons. The zero-order valence-electron chi connectivity index (χ0n) is 12.7. The van der Waals surface area contributed by atoms with Crippen LogP contribution in [0.1, 0.15) is 17.0 Å². The Morgan fingerprint density at radius 1 is 1.16 bits per heavy atom. The number of benzene rings is 1. The molecular weight excluding hydrogens is 333 g/mol. The number of nitriles is 1. The predicted octanol–water partition coefficient (Wildman–Crippen LogP) is 3.16. The van der Waals surface area contributed by atoms with E-state index in [4.69, 9.17) is 5.26 Å². The fourth-order valence-corrected chi connectivity index (χ4v) is 2.08. The van der Waals surface area contributed by atoms with Crippen LogP contribution in [0.3, 0.4) is 0 Å². The van der Waals surface area contributed by atoms with Crippen LogP contribution in [-0.2, 0) is 12.7 Å². The number of aromatic nitrogens is 4. The molecule has 6 nitrogen and oxygen atoms in total. The number of nitrogens with zero attached hydrogens (tertiary/aromatic N) is 5. The second kappa shape index (κ2) is 6.60. The molecule has 0 aliphatic carbocycles. The summed E-state index contributed by atoms with van der Waals surface area (Å²) in [6.07, 6.45) is -1.74. The Morgan fingerprint density at radius 3 is 2.60 bits per heavy atom. The third-order valence-corrected chi connectivity index (χ3v) is 3.33. The van der Waals surface area contributed by atoms with Crippen LogP contribution in [0.25, 0.3) is 5.69 Å². The Hall–Kier alpha value is -3.41. The molecule has 0 unspecified atom stereocenters. The molecule has 2 aromatic heterocycles. The molecule has 1 N–H and O–H groups in total. The lowest BCUT2D eigenvalue weighted by atomic mass is 10.2. The van der Waals surface area contributed by atoms with Crippen molar-refractivity contribution in [3.63, 3.8) is 0 Å². The first-order valence-electron chi connectivity index (χ1n) is 7.14. The van der Waals surface area contributed by atoms with Gasteiger partial charge in [0.1, 0.15) is 11.4 Å². The molecule has 0 fully saturated rings. The molecule has 3 aromatic rings. The molecule has 9 heteroatoms. The van der Waals surface area contributed by atoms with Crippen LogP contribution in [0.15, 0.2) is 48.8 Å². The monoisotopic (exact) mass is 344 g/mol. The largest absolute Gasteiger partial charge is 0.433 e. The lowest BCUT2D eigenvalue weighted by molar-refractivity contribution is -0.141. The van der Waals surface area contributed by atoms with Crippen LogP contribution in [0.2, 0.25) is 0 Å². The smallest absolute Gasteiger partial charge is 0.379 e. The van der Waals surface area contributed by atoms with Gasteiger partial charge in [0.15, 0.2) is 0 Å². The van der Waals surface area contributed by atoms with E-state index in [1.54, 1.807) is 30.5 Å². The van der Waals surface area contributed by atoms with Gasteiger partial charge in [-0.2, -0.15) is 18.4 Å². The van der Waals surface area contributed by atoms with E-state index in [0.717, 1.165) is 18.0 Å². The Labute approximate surface area is 140 Å². The van der Waals surface area contributed by atoms with Crippen molar-refractivity contribution in [2.75, 3.05) is 5.32 Å². The highest BCUT2D eigenvalue weighted by atomic mass is 19.4. The standard InChI is InChI=1S/C16H11F3N6/c17-16(18,19)15-7-12(5-6-21-15)22-9-13-10-25(24-23-13)14-3-1-11(8-20)2-4-14/h1-7,10H,9H2,(H,21,22). The molecule has 0 bridgehead atoms. The average Bonchev–Trinajstić information content (AvgIpc) is 3.08. The van der Waals surface area contributed by atoms with Gasteiger partial charge in [-0.05, 0) is 36.4 Å². The number of halogens is 3. The van der Waals surface area contributed by atoms with Crippen molar-refractivity contribution >= 4 is 5.69 Å². The molecule has 0 aliphatic rings. The molecule has 126 valence electrons. The maximum absolute atomic E-state index is 12.6. The Morgan fingerprint density at radius 2 is 1.92 bits per heavy atom. The highest BCUT2D eigenvalue weighted by Gasteiger charge is 2.32. The summed E-state index contributed by atoms with van der Waals surface area (Å²) in [6, 6.07) is 11.2. The zero-order chi connectivity index (χ0) is 17.9. The SMILES string of the molecule is N#Cc1ccc(-n2cc(CNc3ccnc(C(F)(F)F)c3)nn2)cc1. The molecule has 2 heterocycles. The van der Waals surface area contributed by atoms with Crippen molar-refractivity contribution in [3.05, 3.63) is 65.7 Å². The van der Waals surface area contributed by atoms with Crippen LogP contribution < -0.4 is 5.32 Å². The molecule has 0 atom stereocenters. The molecule has 0 spiro atoms. The van der Waals surface area contributed by atoms with E-state index >= 15 is 0 Å². The second-order valence-electron chi connectivity index (χ2n) is 5.09. The van der Waals surface area contributed by atoms with Crippen molar-refractivity contribution in [3.8, 4) is 11.8 Å². The fraction of sp³-hybridized carbons (Fsp3) is 0.125. The molecule has 25 heavy (non-hydrogen) atoms. The Kier molecular flexibility index (Phi) is 4.35. The topological polar surface area (TPSA) is 79.4 Å². The first kappa shape index (κ1) is 16.4. The average molecular weight is 344 g/mol. The highest BCUT2D eigenvalue weighted by molar-refractivity contribution is 5.44. The molecular formula is C16H11F3N6. The third kappa shape index (κ3) is 3.92. The molecule has 0 saturated heterocycles. The second-order valence-corrected chi connectivity index (χ2v) is 5.09. The first-order chi connectivity index (χ1) is 12.0. The number of anilines is 1. The maximum Gasteiger partial charge on any atom is 0.433 e. The van der Waals surface area contributed by atoms with Crippen molar-refractivity contribution in [1.29, 1.82) is 5.26 Å². The van der Waals surface area contributed by atoms with Gasteiger partial charge in [0.2, 0.25) is 0 Å². The van der Waals surface area contributed by atoms with Gasteiger partial charge >= 0.3 is 6.18 Å². The summed E-state index contributed by atoms with van der Waals surface area (Å²) >= 11 is 0. The summed E-state index contributed by atoms with van der Waals surface area (Å²) in [4.78, 5) is 3.30. The minimum absolute atomic E-state index is 0.206. The fourth-order valence-electron chi connectivity index (χ4n) is 2.08. The summed E-state index contributed by atoms with van der Waals surface area (Å²) in [6.45, 7) is 0.206. The highest BCUT2D eigenvalue weighted by Crippen LogP contribution is 2.28. The number of hydrogen-bond donors (Lipinski definition) is 1. The van der Waals surface area contributed by atoms with Gasteiger partial charge in [0, 0.05) is 11.9 Å². The van der Waals surface area contributed by atoms with Gasteiger partial charge in [-0.25, -0.2) is 4.68 Å². The lowest BCUT2D eigenvalue weighted by Crippen LogP contribution is -2.09. The van der Waals surface area contributed by atoms with E-state index in [1.807, 2.05) is 6.07 Å². The quantitative estimate of drug-likeness (QED) is 0.786. The Bertz CT molecular complexity index is 909. The molecule has 3 rings (SSSR count). The van der Waals surface area contributed by atoms with Crippen molar-refractivity contribution in [1.82, 2.24) is 20.0 Å². The van der Waals surface area contributed by atoms with E-state index in [2.05, 4.69) is 20.6 Å². The first-order valence-corrected chi connectivity index (χ1v) is 7.14. The number of nitrogens with one attached hydrogen (secondary N) is 1. The molecule has 1 aromatic carbocycles. The number of pyridine rings is 1. The van der Waals surface area contributed by atoms with Crippen LogP contribution in [-0.4, -0.2) is 20.0 Å². The van der Waals surface area contributed by atoms with E-state index in [1.165, 1.54) is 10.7 Å². The van der Waals surface area contributed by atoms with Crippen LogP contribution in [0, 0.1) is 11.3 Å².